The van der Waals surface area contributed by atoms with E-state index in [4.69, 9.17) is 4.74 Å². The van der Waals surface area contributed by atoms with E-state index in [0.717, 1.165) is 24.3 Å². The Bertz CT molecular complexity index is 804. The molecule has 1 unspecified atom stereocenters. The Kier molecular flexibility index (Phi) is 6.89. The van der Waals surface area contributed by atoms with Gasteiger partial charge in [0.2, 0.25) is 10.0 Å². The van der Waals surface area contributed by atoms with Gasteiger partial charge in [0.25, 0.3) is 5.91 Å². The molecule has 0 aliphatic carbocycles. The number of aromatic amines is 1. The molecule has 9 nitrogen and oxygen atoms in total. The predicted octanol–water partition coefficient (Wildman–Crippen LogP) is 1.10. The molecule has 28 heavy (non-hydrogen) atoms. The Morgan fingerprint density at radius 2 is 2.07 bits per heavy atom. The molecule has 2 fully saturated rings. The van der Waals surface area contributed by atoms with Crippen LogP contribution in [0.5, 0.6) is 0 Å². The van der Waals surface area contributed by atoms with Crippen molar-refractivity contribution in [3.05, 3.63) is 18.0 Å². The van der Waals surface area contributed by atoms with Crippen LogP contribution in [0.1, 0.15) is 30.3 Å². The van der Waals surface area contributed by atoms with Crippen LogP contribution in [-0.2, 0) is 14.8 Å². The van der Waals surface area contributed by atoms with E-state index in [1.54, 1.807) is 23.6 Å². The maximum Gasteiger partial charge on any atom is 0.407 e. The summed E-state index contributed by atoms with van der Waals surface area (Å²) in [4.78, 5) is 29.0. The Balaban J connectivity index is 1.65. The molecule has 1 aromatic rings. The van der Waals surface area contributed by atoms with Gasteiger partial charge in [0.15, 0.2) is 0 Å². The van der Waals surface area contributed by atoms with Gasteiger partial charge in [-0.3, -0.25) is 4.79 Å². The van der Waals surface area contributed by atoms with Crippen molar-refractivity contribution < 1.29 is 22.7 Å². The number of piperidine rings is 1. The molecule has 0 spiro atoms. The van der Waals surface area contributed by atoms with Gasteiger partial charge in [-0.1, -0.05) is 0 Å². The molecule has 156 valence electrons. The fourth-order valence-corrected chi connectivity index (χ4v) is 5.94. The molecule has 0 bridgehead atoms. The first-order valence-corrected chi connectivity index (χ1v) is 12.0. The van der Waals surface area contributed by atoms with Gasteiger partial charge in [0.05, 0.1) is 6.61 Å². The van der Waals surface area contributed by atoms with E-state index >= 15 is 0 Å². The molecule has 1 aromatic heterocycles. The van der Waals surface area contributed by atoms with Gasteiger partial charge in [0, 0.05) is 49.9 Å². The first-order valence-electron chi connectivity index (χ1n) is 9.40. The second-order valence-electron chi connectivity index (χ2n) is 6.72. The van der Waals surface area contributed by atoms with Crippen molar-refractivity contribution in [2.75, 3.05) is 44.3 Å². The van der Waals surface area contributed by atoms with Crippen LogP contribution >= 0.6 is 11.8 Å². The maximum atomic E-state index is 12.8. The van der Waals surface area contributed by atoms with Gasteiger partial charge in [-0.15, -0.1) is 0 Å². The Morgan fingerprint density at radius 1 is 1.32 bits per heavy atom. The van der Waals surface area contributed by atoms with E-state index in [0.29, 0.717) is 26.2 Å². The average molecular weight is 431 g/mol. The highest BCUT2D eigenvalue weighted by Gasteiger charge is 2.30. The fraction of sp³-hybridized carbons (Fsp3) is 0.647. The quantitative estimate of drug-likeness (QED) is 0.724. The average Bonchev–Trinajstić information content (AvgIpc) is 3.19. The summed E-state index contributed by atoms with van der Waals surface area (Å²) in [5.41, 5.74) is 0.238. The van der Waals surface area contributed by atoms with Gasteiger partial charge >= 0.3 is 6.09 Å². The number of ether oxygens (including phenoxy) is 1. The first-order chi connectivity index (χ1) is 13.4. The van der Waals surface area contributed by atoms with Crippen LogP contribution in [0.3, 0.4) is 0 Å². The van der Waals surface area contributed by atoms with Crippen LogP contribution in [0.4, 0.5) is 4.79 Å². The Morgan fingerprint density at radius 3 is 2.79 bits per heavy atom. The molecule has 2 aliphatic rings. The zero-order valence-electron chi connectivity index (χ0n) is 15.8. The number of nitrogens with one attached hydrogen (secondary N) is 2. The van der Waals surface area contributed by atoms with Gasteiger partial charge in [0.1, 0.15) is 10.6 Å². The second kappa shape index (κ2) is 9.19. The van der Waals surface area contributed by atoms with E-state index < -0.39 is 16.1 Å². The maximum absolute atomic E-state index is 12.8. The van der Waals surface area contributed by atoms with E-state index in [1.165, 1.54) is 16.6 Å². The van der Waals surface area contributed by atoms with Crippen LogP contribution in [0.25, 0.3) is 0 Å². The van der Waals surface area contributed by atoms with Crippen molar-refractivity contribution in [1.29, 1.82) is 0 Å². The Labute approximate surface area is 169 Å². The van der Waals surface area contributed by atoms with Crippen molar-refractivity contribution in [3.63, 3.8) is 0 Å². The number of alkyl carbamates (subject to hydrolysis) is 1. The van der Waals surface area contributed by atoms with Gasteiger partial charge in [-0.05, 0) is 25.8 Å². The van der Waals surface area contributed by atoms with Crippen molar-refractivity contribution in [2.24, 2.45) is 0 Å². The number of nitrogens with zero attached hydrogens (tertiary/aromatic N) is 2. The summed E-state index contributed by atoms with van der Waals surface area (Å²) in [5, 5.41) is 2.76. The number of rotatable bonds is 5. The lowest BCUT2D eigenvalue weighted by atomic mass is 10.1. The van der Waals surface area contributed by atoms with Crippen LogP contribution < -0.4 is 5.32 Å². The highest BCUT2D eigenvalue weighted by Crippen LogP contribution is 2.22. The number of carbonyl (C=O) groups is 2. The number of carbonyl (C=O) groups excluding carboxylic acids is 2. The summed E-state index contributed by atoms with van der Waals surface area (Å²) in [6.07, 6.45) is 2.40. The number of amides is 2. The lowest BCUT2D eigenvalue weighted by molar-refractivity contribution is 0.0681. The largest absolute Gasteiger partial charge is 0.450 e. The molecule has 2 aliphatic heterocycles. The van der Waals surface area contributed by atoms with Crippen LogP contribution in [-0.4, -0.2) is 84.9 Å². The minimum Gasteiger partial charge on any atom is -0.450 e. The van der Waals surface area contributed by atoms with Crippen LogP contribution in [0, 0.1) is 0 Å². The normalized spacial score (nSPS) is 21.3. The molecule has 2 amide bonds. The molecule has 2 saturated heterocycles. The third-order valence-electron chi connectivity index (χ3n) is 4.80. The Hall–Kier alpha value is -1.72. The first kappa shape index (κ1) is 21.0. The summed E-state index contributed by atoms with van der Waals surface area (Å²) in [5.74, 6) is 1.28. The minimum atomic E-state index is -3.59. The van der Waals surface area contributed by atoms with Gasteiger partial charge in [-0.25, -0.2) is 13.2 Å². The molecule has 2 N–H and O–H groups in total. The molecule has 3 rings (SSSR count). The van der Waals surface area contributed by atoms with Crippen LogP contribution in [0.2, 0.25) is 0 Å². The number of H-pyrrole nitrogens is 1. The van der Waals surface area contributed by atoms with Crippen LogP contribution in [0.15, 0.2) is 17.2 Å². The van der Waals surface area contributed by atoms with Gasteiger partial charge < -0.3 is 19.9 Å². The second-order valence-corrected chi connectivity index (χ2v) is 9.88. The van der Waals surface area contributed by atoms with E-state index in [-0.39, 0.29) is 29.1 Å². The molecule has 1 atom stereocenters. The smallest absolute Gasteiger partial charge is 0.407 e. The summed E-state index contributed by atoms with van der Waals surface area (Å²) >= 11 is 1.73. The molecule has 0 radical (unpaired) electrons. The number of thioether (sulfide) groups is 1. The summed E-state index contributed by atoms with van der Waals surface area (Å²) < 4.78 is 31.8. The lowest BCUT2D eigenvalue weighted by Crippen LogP contribution is -2.49. The molecular formula is C17H26N4O5S2. The molecular weight excluding hydrogens is 404 g/mol. The highest BCUT2D eigenvalue weighted by molar-refractivity contribution is 7.99. The molecule has 11 heteroatoms. The summed E-state index contributed by atoms with van der Waals surface area (Å²) in [7, 11) is -3.59. The van der Waals surface area contributed by atoms with Crippen molar-refractivity contribution in [1.82, 2.24) is 19.5 Å². The third-order valence-corrected chi connectivity index (χ3v) is 7.62. The minimum absolute atomic E-state index is 0.112. The van der Waals surface area contributed by atoms with E-state index in [2.05, 4.69) is 10.3 Å². The molecule has 0 aromatic carbocycles. The van der Waals surface area contributed by atoms with Crippen molar-refractivity contribution in [2.45, 2.75) is 30.7 Å². The zero-order chi connectivity index (χ0) is 20.1. The number of aromatic nitrogens is 1. The predicted molar refractivity (Wildman–Crippen MR) is 106 cm³/mol. The topological polar surface area (TPSA) is 112 Å². The van der Waals surface area contributed by atoms with E-state index in [9.17, 15) is 18.0 Å². The molecule has 0 saturated carbocycles. The van der Waals surface area contributed by atoms with E-state index in [1.807, 2.05) is 0 Å². The highest BCUT2D eigenvalue weighted by atomic mass is 32.2. The number of hydrogen-bond donors (Lipinski definition) is 2. The SMILES string of the molecule is CCOC(=O)NC1CCCN(C(=O)c2cc(S(=O)(=O)N3CCSCC3)c[nH]2)C1. The van der Waals surface area contributed by atoms with Crippen molar-refractivity contribution >= 4 is 33.8 Å². The standard InChI is InChI=1S/C17H26N4O5S2/c1-2-26-17(23)19-13-4-3-5-20(12-13)16(22)15-10-14(11-18-15)28(24,25)21-6-8-27-9-7-21/h10-11,13,18H,2-9,12H2,1H3,(H,19,23). The number of likely N-dealkylation sites (tertiary alicyclic amines) is 1. The van der Waals surface area contributed by atoms with Gasteiger partial charge in [-0.2, -0.15) is 16.1 Å². The fourth-order valence-electron chi connectivity index (χ4n) is 3.37. The third kappa shape index (κ3) is 4.81. The number of hydrogen-bond acceptors (Lipinski definition) is 6. The number of sulfonamides is 1. The lowest BCUT2D eigenvalue weighted by Gasteiger charge is -2.32. The zero-order valence-corrected chi connectivity index (χ0v) is 17.5. The monoisotopic (exact) mass is 430 g/mol. The summed E-state index contributed by atoms with van der Waals surface area (Å²) in [6.45, 7) is 3.91. The molecule has 3 heterocycles. The summed E-state index contributed by atoms with van der Waals surface area (Å²) in [6, 6.07) is 1.22. The van der Waals surface area contributed by atoms with Crippen molar-refractivity contribution in [3.8, 4) is 0 Å².